The SMILES string of the molecule is O=C(NN=C1c2ccccc2-c2ccccc21)c1cccs1. The van der Waals surface area contributed by atoms with Crippen molar-refractivity contribution in [2.75, 3.05) is 0 Å². The van der Waals surface area contributed by atoms with E-state index < -0.39 is 0 Å². The number of hydrazone groups is 1. The highest BCUT2D eigenvalue weighted by molar-refractivity contribution is 7.12. The summed E-state index contributed by atoms with van der Waals surface area (Å²) in [4.78, 5) is 12.7. The lowest BCUT2D eigenvalue weighted by molar-refractivity contribution is 0.0959. The summed E-state index contributed by atoms with van der Waals surface area (Å²) in [5.41, 5.74) is 7.90. The summed E-state index contributed by atoms with van der Waals surface area (Å²) in [5, 5.41) is 6.26. The number of nitrogens with one attached hydrogen (secondary N) is 1. The largest absolute Gasteiger partial charge is 0.281 e. The van der Waals surface area contributed by atoms with Crippen molar-refractivity contribution in [3.8, 4) is 11.1 Å². The number of nitrogens with zero attached hydrogens (tertiary/aromatic N) is 1. The molecule has 1 N–H and O–H groups in total. The summed E-state index contributed by atoms with van der Waals surface area (Å²) in [6.45, 7) is 0. The van der Waals surface area contributed by atoms with E-state index in [1.54, 1.807) is 6.07 Å². The number of hydrogen-bond acceptors (Lipinski definition) is 3. The molecule has 1 aliphatic carbocycles. The van der Waals surface area contributed by atoms with E-state index >= 15 is 0 Å². The molecular weight excluding hydrogens is 292 g/mol. The fourth-order valence-corrected chi connectivity index (χ4v) is 3.30. The highest BCUT2D eigenvalue weighted by Crippen LogP contribution is 2.36. The van der Waals surface area contributed by atoms with Gasteiger partial charge >= 0.3 is 0 Å². The van der Waals surface area contributed by atoms with Gasteiger partial charge in [-0.15, -0.1) is 11.3 Å². The van der Waals surface area contributed by atoms with Gasteiger partial charge in [0.05, 0.1) is 10.6 Å². The van der Waals surface area contributed by atoms with Gasteiger partial charge in [0, 0.05) is 11.1 Å². The van der Waals surface area contributed by atoms with Gasteiger partial charge in [0.1, 0.15) is 0 Å². The highest BCUT2D eigenvalue weighted by atomic mass is 32.1. The molecule has 4 heteroatoms. The molecule has 3 nitrogen and oxygen atoms in total. The van der Waals surface area contributed by atoms with Crippen molar-refractivity contribution >= 4 is 23.0 Å². The van der Waals surface area contributed by atoms with Crippen LogP contribution in [0, 0.1) is 0 Å². The van der Waals surface area contributed by atoms with Crippen molar-refractivity contribution < 1.29 is 4.79 Å². The Bertz CT molecular complexity index is 834. The number of thiophene rings is 1. The molecule has 3 aromatic rings. The number of amides is 1. The van der Waals surface area contributed by atoms with Gasteiger partial charge in [-0.1, -0.05) is 54.6 Å². The molecule has 0 saturated carbocycles. The van der Waals surface area contributed by atoms with Crippen molar-refractivity contribution in [2.45, 2.75) is 0 Å². The molecule has 0 fully saturated rings. The van der Waals surface area contributed by atoms with E-state index in [9.17, 15) is 4.79 Å². The first-order chi connectivity index (χ1) is 10.8. The third-order valence-electron chi connectivity index (χ3n) is 3.67. The van der Waals surface area contributed by atoms with Gasteiger partial charge < -0.3 is 0 Å². The van der Waals surface area contributed by atoms with Crippen LogP contribution in [-0.2, 0) is 0 Å². The molecule has 4 rings (SSSR count). The zero-order valence-corrected chi connectivity index (χ0v) is 12.4. The van der Waals surface area contributed by atoms with Gasteiger partial charge in [-0.05, 0) is 22.6 Å². The molecule has 2 aromatic carbocycles. The highest BCUT2D eigenvalue weighted by Gasteiger charge is 2.24. The summed E-state index contributed by atoms with van der Waals surface area (Å²) in [6.07, 6.45) is 0. The van der Waals surface area contributed by atoms with Gasteiger partial charge in [0.2, 0.25) is 0 Å². The van der Waals surface area contributed by atoms with Crippen molar-refractivity contribution in [1.29, 1.82) is 0 Å². The van der Waals surface area contributed by atoms with Crippen LogP contribution < -0.4 is 5.43 Å². The standard InChI is InChI=1S/C18H12N2OS/c21-18(16-10-5-11-22-16)20-19-17-14-8-3-1-6-12(14)13-7-2-4-9-15(13)17/h1-11H,(H,20,21). The Morgan fingerprint density at radius 2 is 1.41 bits per heavy atom. The normalized spacial score (nSPS) is 11.7. The lowest BCUT2D eigenvalue weighted by atomic mass is 10.1. The van der Waals surface area contributed by atoms with Crippen molar-refractivity contribution in [1.82, 2.24) is 5.43 Å². The molecule has 106 valence electrons. The van der Waals surface area contributed by atoms with E-state index in [1.807, 2.05) is 47.8 Å². The van der Waals surface area contributed by atoms with E-state index in [0.29, 0.717) is 4.88 Å². The van der Waals surface area contributed by atoms with Crippen LogP contribution >= 0.6 is 11.3 Å². The van der Waals surface area contributed by atoms with Crippen LogP contribution in [0.4, 0.5) is 0 Å². The van der Waals surface area contributed by atoms with E-state index in [2.05, 4.69) is 22.7 Å². The molecular formula is C18H12N2OS. The minimum absolute atomic E-state index is 0.177. The van der Waals surface area contributed by atoms with Crippen LogP contribution in [0.3, 0.4) is 0 Å². The summed E-state index contributed by atoms with van der Waals surface area (Å²) >= 11 is 1.40. The Hall–Kier alpha value is -2.72. The Morgan fingerprint density at radius 1 is 0.818 bits per heavy atom. The zero-order chi connectivity index (χ0) is 14.9. The van der Waals surface area contributed by atoms with E-state index in [0.717, 1.165) is 28.0 Å². The Balaban J connectivity index is 1.75. The van der Waals surface area contributed by atoms with Gasteiger partial charge in [-0.3, -0.25) is 4.79 Å². The van der Waals surface area contributed by atoms with Crippen molar-refractivity contribution in [3.05, 3.63) is 82.0 Å². The van der Waals surface area contributed by atoms with E-state index in [1.165, 1.54) is 11.3 Å². The molecule has 0 bridgehead atoms. The smallest absolute Gasteiger partial charge is 0.266 e. The second-order valence-corrected chi connectivity index (χ2v) is 5.92. The summed E-state index contributed by atoms with van der Waals surface area (Å²) in [7, 11) is 0. The first-order valence-corrected chi connectivity index (χ1v) is 7.83. The molecule has 1 heterocycles. The maximum absolute atomic E-state index is 12.1. The number of carbonyl (C=O) groups is 1. The van der Waals surface area contributed by atoms with Gasteiger partial charge in [0.25, 0.3) is 5.91 Å². The lowest BCUT2D eigenvalue weighted by Gasteiger charge is -2.02. The summed E-state index contributed by atoms with van der Waals surface area (Å²) in [5.74, 6) is -0.177. The summed E-state index contributed by atoms with van der Waals surface area (Å²) < 4.78 is 0. The van der Waals surface area contributed by atoms with Crippen LogP contribution in [0.5, 0.6) is 0 Å². The van der Waals surface area contributed by atoms with E-state index in [-0.39, 0.29) is 5.91 Å². The molecule has 1 amide bonds. The predicted octanol–water partition coefficient (Wildman–Crippen LogP) is 3.91. The summed E-state index contributed by atoms with van der Waals surface area (Å²) in [6, 6.07) is 19.9. The second-order valence-electron chi connectivity index (χ2n) is 4.97. The molecule has 1 aromatic heterocycles. The fraction of sp³-hybridized carbons (Fsp3) is 0. The Kier molecular flexibility index (Phi) is 3.09. The van der Waals surface area contributed by atoms with Crippen LogP contribution in [-0.4, -0.2) is 11.6 Å². The predicted molar refractivity (Wildman–Crippen MR) is 89.3 cm³/mol. The van der Waals surface area contributed by atoms with Crippen LogP contribution in [0.2, 0.25) is 0 Å². The van der Waals surface area contributed by atoms with Crippen LogP contribution in [0.25, 0.3) is 11.1 Å². The van der Waals surface area contributed by atoms with Gasteiger partial charge in [-0.2, -0.15) is 5.10 Å². The number of fused-ring (bicyclic) bond motifs is 3. The average Bonchev–Trinajstić information content (AvgIpc) is 3.20. The number of carbonyl (C=O) groups excluding carboxylic acids is 1. The lowest BCUT2D eigenvalue weighted by Crippen LogP contribution is -2.18. The quantitative estimate of drug-likeness (QED) is 0.560. The third kappa shape index (κ3) is 2.05. The Labute approximate surface area is 131 Å². The van der Waals surface area contributed by atoms with Gasteiger partial charge in [0.15, 0.2) is 0 Å². The maximum Gasteiger partial charge on any atom is 0.281 e. The number of hydrogen-bond donors (Lipinski definition) is 1. The molecule has 0 saturated heterocycles. The molecule has 0 spiro atoms. The molecule has 0 radical (unpaired) electrons. The van der Waals surface area contributed by atoms with Crippen molar-refractivity contribution in [3.63, 3.8) is 0 Å². The van der Waals surface area contributed by atoms with E-state index in [4.69, 9.17) is 0 Å². The van der Waals surface area contributed by atoms with Gasteiger partial charge in [-0.25, -0.2) is 5.43 Å². The zero-order valence-electron chi connectivity index (χ0n) is 11.6. The molecule has 0 unspecified atom stereocenters. The topological polar surface area (TPSA) is 41.5 Å². The van der Waals surface area contributed by atoms with Crippen molar-refractivity contribution in [2.24, 2.45) is 5.10 Å². The molecule has 0 aliphatic heterocycles. The van der Waals surface area contributed by atoms with Crippen LogP contribution in [0.15, 0.2) is 71.1 Å². The minimum Gasteiger partial charge on any atom is -0.266 e. The monoisotopic (exact) mass is 304 g/mol. The number of benzene rings is 2. The second kappa shape index (κ2) is 5.24. The molecule has 0 atom stereocenters. The Morgan fingerprint density at radius 3 is 1.95 bits per heavy atom. The first-order valence-electron chi connectivity index (χ1n) is 6.95. The third-order valence-corrected chi connectivity index (χ3v) is 4.54. The molecule has 1 aliphatic rings. The molecule has 22 heavy (non-hydrogen) atoms. The number of rotatable bonds is 2. The fourth-order valence-electron chi connectivity index (χ4n) is 2.68. The first kappa shape index (κ1) is 13.0. The minimum atomic E-state index is -0.177. The average molecular weight is 304 g/mol. The van der Waals surface area contributed by atoms with Crippen LogP contribution in [0.1, 0.15) is 20.8 Å². The maximum atomic E-state index is 12.1.